The summed E-state index contributed by atoms with van der Waals surface area (Å²) in [6.07, 6.45) is 1.88. The van der Waals surface area contributed by atoms with E-state index in [0.717, 1.165) is 0 Å². The van der Waals surface area contributed by atoms with Crippen LogP contribution in [-0.4, -0.2) is 18.1 Å². The molecule has 0 fully saturated rings. The van der Waals surface area contributed by atoms with E-state index in [2.05, 4.69) is 64.7 Å². The minimum Gasteiger partial charge on any atom is -0.456 e. The lowest BCUT2D eigenvalue weighted by Crippen LogP contribution is -2.43. The Morgan fingerprint density at radius 2 is 1.71 bits per heavy atom. The highest BCUT2D eigenvalue weighted by Gasteiger charge is 2.36. The Bertz CT molecular complexity index is 374. The molecule has 0 aromatic heterocycles. The first-order valence-electron chi connectivity index (χ1n) is 6.11. The molecule has 3 heteroatoms. The van der Waals surface area contributed by atoms with Crippen LogP contribution < -0.4 is 5.19 Å². The molecular weight excluding hydrogens is 240 g/mol. The number of benzene rings is 1. The Morgan fingerprint density at radius 1 is 1.18 bits per heavy atom. The van der Waals surface area contributed by atoms with Crippen LogP contribution >= 0.6 is 0 Å². The molecule has 0 aliphatic heterocycles. The van der Waals surface area contributed by atoms with Gasteiger partial charge in [-0.2, -0.15) is 0 Å². The van der Waals surface area contributed by atoms with E-state index in [1.54, 1.807) is 0 Å². The molecule has 1 rings (SSSR count). The van der Waals surface area contributed by atoms with Gasteiger partial charge >= 0.3 is 0 Å². The maximum Gasteiger partial charge on any atom is 0.178 e. The highest BCUT2D eigenvalue weighted by atomic mass is 28.4. The van der Waals surface area contributed by atoms with E-state index in [4.69, 9.17) is 4.12 Å². The van der Waals surface area contributed by atoms with Gasteiger partial charge in [-0.1, -0.05) is 57.7 Å². The molecule has 0 bridgehead atoms. The van der Waals surface area contributed by atoms with Crippen molar-refractivity contribution in [3.05, 3.63) is 36.4 Å². The number of rotatable bonds is 4. The topological polar surface area (TPSA) is 9.23 Å². The molecular formula is C14H24OSi2. The van der Waals surface area contributed by atoms with Crippen molar-refractivity contribution in [3.8, 4) is 0 Å². The van der Waals surface area contributed by atoms with Crippen molar-refractivity contribution in [2.45, 2.75) is 38.9 Å². The van der Waals surface area contributed by atoms with E-state index in [9.17, 15) is 0 Å². The van der Waals surface area contributed by atoms with Crippen LogP contribution in [0, 0.1) is 0 Å². The average molecular weight is 265 g/mol. The first-order valence-corrected chi connectivity index (χ1v) is 10.3. The predicted molar refractivity (Wildman–Crippen MR) is 83.0 cm³/mol. The standard InChI is InChI=1S/C14H24OSi2/c1-7-12-8-10-13(11-9-12)16-15-17(5,6)14(2,3)4/h7-11H,1,16H2,2-6H3. The van der Waals surface area contributed by atoms with Crippen LogP contribution in [0.4, 0.5) is 0 Å². The van der Waals surface area contributed by atoms with E-state index in [0.29, 0.717) is 5.04 Å². The molecule has 1 aromatic rings. The van der Waals surface area contributed by atoms with Crippen molar-refractivity contribution < 1.29 is 4.12 Å². The Hall–Kier alpha value is -0.646. The zero-order valence-electron chi connectivity index (χ0n) is 11.7. The summed E-state index contributed by atoms with van der Waals surface area (Å²) in [4.78, 5) is 0. The van der Waals surface area contributed by atoms with Gasteiger partial charge in [-0.05, 0) is 28.9 Å². The molecule has 0 heterocycles. The summed E-state index contributed by atoms with van der Waals surface area (Å²) in [5.41, 5.74) is 1.18. The maximum absolute atomic E-state index is 6.31. The van der Waals surface area contributed by atoms with Crippen molar-refractivity contribution >= 4 is 29.3 Å². The quantitative estimate of drug-likeness (QED) is 0.760. The fraction of sp³-hybridized carbons (Fsp3) is 0.429. The van der Waals surface area contributed by atoms with Gasteiger partial charge in [0, 0.05) is 0 Å². The lowest BCUT2D eigenvalue weighted by molar-refractivity contribution is 0.523. The summed E-state index contributed by atoms with van der Waals surface area (Å²) in [6.45, 7) is 15.3. The van der Waals surface area contributed by atoms with Gasteiger partial charge in [0.1, 0.15) is 0 Å². The average Bonchev–Trinajstić information content (AvgIpc) is 2.25. The van der Waals surface area contributed by atoms with E-state index >= 15 is 0 Å². The second-order valence-electron chi connectivity index (χ2n) is 5.99. The third-order valence-corrected chi connectivity index (χ3v) is 11.5. The van der Waals surface area contributed by atoms with E-state index in [-0.39, 0.29) is 0 Å². The predicted octanol–water partition coefficient (Wildman–Crippen LogP) is 3.06. The van der Waals surface area contributed by atoms with Crippen LogP contribution in [0.5, 0.6) is 0 Å². The van der Waals surface area contributed by atoms with Crippen LogP contribution in [0.2, 0.25) is 18.1 Å². The first-order chi connectivity index (χ1) is 7.76. The van der Waals surface area contributed by atoms with Crippen molar-refractivity contribution in [1.82, 2.24) is 0 Å². The van der Waals surface area contributed by atoms with Gasteiger partial charge < -0.3 is 4.12 Å². The highest BCUT2D eigenvalue weighted by molar-refractivity contribution is 6.79. The summed E-state index contributed by atoms with van der Waals surface area (Å²) in [5, 5.41) is 1.68. The van der Waals surface area contributed by atoms with E-state index < -0.39 is 18.1 Å². The Morgan fingerprint density at radius 3 is 2.12 bits per heavy atom. The van der Waals surface area contributed by atoms with Crippen molar-refractivity contribution in [3.63, 3.8) is 0 Å². The zero-order chi connectivity index (χ0) is 13.1. The van der Waals surface area contributed by atoms with Gasteiger partial charge in [0.2, 0.25) is 0 Å². The van der Waals surface area contributed by atoms with Crippen LogP contribution in [0.25, 0.3) is 6.08 Å². The molecule has 0 unspecified atom stereocenters. The van der Waals surface area contributed by atoms with Gasteiger partial charge in [-0.15, -0.1) is 0 Å². The van der Waals surface area contributed by atoms with Crippen molar-refractivity contribution in [2.75, 3.05) is 0 Å². The fourth-order valence-corrected chi connectivity index (χ4v) is 5.50. The van der Waals surface area contributed by atoms with Gasteiger partial charge in [0.25, 0.3) is 0 Å². The second kappa shape index (κ2) is 5.33. The number of hydrogen-bond acceptors (Lipinski definition) is 1. The molecule has 0 saturated carbocycles. The zero-order valence-corrected chi connectivity index (χ0v) is 14.1. The Balaban J connectivity index is 2.64. The second-order valence-corrected chi connectivity index (χ2v) is 12.8. The minimum atomic E-state index is -1.57. The summed E-state index contributed by atoms with van der Waals surface area (Å²) in [5.74, 6) is 0. The SMILES string of the molecule is C=Cc1ccc([SiH2]O[Si](C)(C)C(C)(C)C)cc1. The lowest BCUT2D eigenvalue weighted by atomic mass is 10.2. The third-order valence-electron chi connectivity index (χ3n) is 3.62. The van der Waals surface area contributed by atoms with Crippen molar-refractivity contribution in [2.24, 2.45) is 0 Å². The molecule has 0 N–H and O–H groups in total. The normalized spacial score (nSPS) is 13.2. The van der Waals surface area contributed by atoms with Gasteiger partial charge in [-0.25, -0.2) is 0 Å². The summed E-state index contributed by atoms with van der Waals surface area (Å²) in [7, 11) is -2.16. The van der Waals surface area contributed by atoms with Crippen LogP contribution in [0.1, 0.15) is 26.3 Å². The highest BCUT2D eigenvalue weighted by Crippen LogP contribution is 2.36. The third kappa shape index (κ3) is 3.94. The largest absolute Gasteiger partial charge is 0.456 e. The molecule has 0 spiro atoms. The van der Waals surface area contributed by atoms with E-state index in [1.807, 2.05) is 6.08 Å². The fourth-order valence-electron chi connectivity index (χ4n) is 1.23. The molecule has 0 radical (unpaired) electrons. The Kier molecular flexibility index (Phi) is 4.52. The monoisotopic (exact) mass is 264 g/mol. The molecule has 1 aromatic carbocycles. The van der Waals surface area contributed by atoms with Crippen molar-refractivity contribution in [1.29, 1.82) is 0 Å². The molecule has 0 atom stereocenters. The lowest BCUT2D eigenvalue weighted by Gasteiger charge is -2.36. The molecule has 0 aliphatic carbocycles. The van der Waals surface area contributed by atoms with Gasteiger partial charge in [-0.3, -0.25) is 0 Å². The minimum absolute atomic E-state index is 0.307. The molecule has 0 aliphatic rings. The van der Waals surface area contributed by atoms with Crippen LogP contribution in [-0.2, 0) is 4.12 Å². The van der Waals surface area contributed by atoms with Crippen LogP contribution in [0.15, 0.2) is 30.8 Å². The molecule has 0 amide bonds. The number of hydrogen-bond donors (Lipinski definition) is 0. The molecule has 17 heavy (non-hydrogen) atoms. The first kappa shape index (κ1) is 14.4. The van der Waals surface area contributed by atoms with E-state index in [1.165, 1.54) is 10.8 Å². The Labute approximate surface area is 109 Å². The smallest absolute Gasteiger partial charge is 0.178 e. The summed E-state index contributed by atoms with van der Waals surface area (Å²) in [6, 6.07) is 8.58. The molecule has 0 saturated heterocycles. The summed E-state index contributed by atoms with van der Waals surface area (Å²) >= 11 is 0. The summed E-state index contributed by atoms with van der Waals surface area (Å²) < 4.78 is 6.31. The van der Waals surface area contributed by atoms with Crippen LogP contribution in [0.3, 0.4) is 0 Å². The molecule has 94 valence electrons. The van der Waals surface area contributed by atoms with Gasteiger partial charge in [0.05, 0.1) is 0 Å². The molecule has 1 nitrogen and oxygen atoms in total. The van der Waals surface area contributed by atoms with Gasteiger partial charge in [0.15, 0.2) is 18.1 Å². The maximum atomic E-state index is 6.31.